The Morgan fingerprint density at radius 2 is 1.86 bits per heavy atom. The van der Waals surface area contributed by atoms with Crippen LogP contribution >= 0.6 is 23.2 Å². The van der Waals surface area contributed by atoms with Gasteiger partial charge in [0.1, 0.15) is 5.82 Å². The van der Waals surface area contributed by atoms with E-state index in [1.807, 2.05) is 30.3 Å². The van der Waals surface area contributed by atoms with E-state index < -0.39 is 0 Å². The number of benzene rings is 2. The van der Waals surface area contributed by atoms with Crippen molar-refractivity contribution in [3.63, 3.8) is 0 Å². The summed E-state index contributed by atoms with van der Waals surface area (Å²) in [6, 6.07) is 13.8. The van der Waals surface area contributed by atoms with E-state index in [0.717, 1.165) is 35.4 Å². The summed E-state index contributed by atoms with van der Waals surface area (Å²) in [5.41, 5.74) is 3.08. The highest BCUT2D eigenvalue weighted by Crippen LogP contribution is 2.32. The predicted molar refractivity (Wildman–Crippen MR) is 94.7 cm³/mol. The molecule has 0 unspecified atom stereocenters. The number of hydrogen-bond acceptors (Lipinski definition) is 1. The van der Waals surface area contributed by atoms with Crippen molar-refractivity contribution in [2.45, 2.75) is 32.7 Å². The van der Waals surface area contributed by atoms with E-state index >= 15 is 0 Å². The highest BCUT2D eigenvalue weighted by Gasteiger charge is 2.14. The number of rotatable bonds is 5. The molecule has 114 valence electrons. The van der Waals surface area contributed by atoms with Gasteiger partial charge >= 0.3 is 0 Å². The fourth-order valence-corrected chi connectivity index (χ4v) is 3.19. The smallest absolute Gasteiger partial charge is 0.142 e. The molecule has 0 radical (unpaired) electrons. The number of aromatic nitrogens is 2. The third-order valence-electron chi connectivity index (χ3n) is 3.81. The van der Waals surface area contributed by atoms with Crippen LogP contribution in [0.2, 0.25) is 10.0 Å². The number of imidazole rings is 1. The van der Waals surface area contributed by atoms with Crippen LogP contribution < -0.4 is 0 Å². The lowest BCUT2D eigenvalue weighted by molar-refractivity contribution is 0.617. The maximum atomic E-state index is 6.39. The molecule has 1 heterocycles. The second kappa shape index (κ2) is 6.72. The van der Waals surface area contributed by atoms with E-state index in [2.05, 4.69) is 17.6 Å². The molecule has 0 amide bonds. The van der Waals surface area contributed by atoms with Crippen LogP contribution in [0.3, 0.4) is 0 Å². The minimum absolute atomic E-state index is 0.638. The van der Waals surface area contributed by atoms with Crippen molar-refractivity contribution >= 4 is 34.2 Å². The van der Waals surface area contributed by atoms with Gasteiger partial charge in [-0.25, -0.2) is 4.98 Å². The van der Waals surface area contributed by atoms with E-state index in [9.17, 15) is 0 Å². The van der Waals surface area contributed by atoms with Crippen molar-refractivity contribution in [1.82, 2.24) is 9.55 Å². The number of hydrogen-bond donors (Lipinski definition) is 0. The van der Waals surface area contributed by atoms with Crippen molar-refractivity contribution in [3.05, 3.63) is 52.5 Å². The molecular weight excluding hydrogens is 315 g/mol. The second-order valence-corrected chi connectivity index (χ2v) is 6.25. The molecule has 2 nitrogen and oxygen atoms in total. The molecule has 0 N–H and O–H groups in total. The van der Waals surface area contributed by atoms with Crippen molar-refractivity contribution in [2.75, 3.05) is 0 Å². The Labute approximate surface area is 140 Å². The minimum Gasteiger partial charge on any atom is -0.324 e. The van der Waals surface area contributed by atoms with Gasteiger partial charge < -0.3 is 4.57 Å². The van der Waals surface area contributed by atoms with E-state index in [1.165, 1.54) is 12.8 Å². The molecule has 3 rings (SSSR count). The van der Waals surface area contributed by atoms with Crippen LogP contribution in [0, 0.1) is 0 Å². The van der Waals surface area contributed by atoms with Gasteiger partial charge in [0.25, 0.3) is 0 Å². The SMILES string of the molecule is CCCCCn1c(-c2ccc(Cl)cc2Cl)nc2ccccc21. The van der Waals surface area contributed by atoms with Gasteiger partial charge in [-0.3, -0.25) is 0 Å². The fourth-order valence-electron chi connectivity index (χ4n) is 2.70. The van der Waals surface area contributed by atoms with Gasteiger partial charge in [0, 0.05) is 17.1 Å². The highest BCUT2D eigenvalue weighted by atomic mass is 35.5. The first-order valence-electron chi connectivity index (χ1n) is 7.61. The summed E-state index contributed by atoms with van der Waals surface area (Å²) in [6.07, 6.45) is 3.54. The van der Waals surface area contributed by atoms with Crippen LogP contribution in [-0.2, 0) is 6.54 Å². The quantitative estimate of drug-likeness (QED) is 0.508. The summed E-state index contributed by atoms with van der Waals surface area (Å²) >= 11 is 12.4. The van der Waals surface area contributed by atoms with Gasteiger partial charge in [-0.2, -0.15) is 0 Å². The van der Waals surface area contributed by atoms with Crippen molar-refractivity contribution in [1.29, 1.82) is 0 Å². The summed E-state index contributed by atoms with van der Waals surface area (Å²) in [6.45, 7) is 3.16. The molecule has 0 aliphatic carbocycles. The molecule has 2 aromatic carbocycles. The Kier molecular flexibility index (Phi) is 4.70. The molecule has 0 saturated heterocycles. The molecular formula is C18H18Cl2N2. The Bertz CT molecular complexity index is 793. The number of halogens is 2. The molecule has 1 aromatic heterocycles. The third-order valence-corrected chi connectivity index (χ3v) is 4.36. The number of unbranched alkanes of at least 4 members (excludes halogenated alkanes) is 2. The maximum Gasteiger partial charge on any atom is 0.142 e. The molecule has 0 spiro atoms. The normalized spacial score (nSPS) is 11.2. The zero-order valence-corrected chi connectivity index (χ0v) is 14.0. The second-order valence-electron chi connectivity index (χ2n) is 5.41. The summed E-state index contributed by atoms with van der Waals surface area (Å²) in [4.78, 5) is 4.79. The maximum absolute atomic E-state index is 6.39. The molecule has 0 fully saturated rings. The Morgan fingerprint density at radius 1 is 1.05 bits per heavy atom. The van der Waals surface area contributed by atoms with E-state index in [-0.39, 0.29) is 0 Å². The Hall–Kier alpha value is -1.51. The van der Waals surface area contributed by atoms with Crippen LogP contribution in [0.1, 0.15) is 26.2 Å². The molecule has 3 aromatic rings. The lowest BCUT2D eigenvalue weighted by Crippen LogP contribution is -2.01. The fraction of sp³-hybridized carbons (Fsp3) is 0.278. The lowest BCUT2D eigenvalue weighted by atomic mass is 10.2. The van der Waals surface area contributed by atoms with Crippen LogP contribution in [0.15, 0.2) is 42.5 Å². The average Bonchev–Trinajstić information content (AvgIpc) is 2.86. The topological polar surface area (TPSA) is 17.8 Å². The summed E-state index contributed by atoms with van der Waals surface area (Å²) in [7, 11) is 0. The monoisotopic (exact) mass is 332 g/mol. The van der Waals surface area contributed by atoms with Crippen LogP contribution in [-0.4, -0.2) is 9.55 Å². The molecule has 4 heteroatoms. The standard InChI is InChI=1S/C18H18Cl2N2/c1-2-3-6-11-22-17-8-5-4-7-16(17)21-18(22)14-10-9-13(19)12-15(14)20/h4-5,7-10,12H,2-3,6,11H2,1H3. The molecule has 0 atom stereocenters. The molecule has 0 bridgehead atoms. The Balaban J connectivity index is 2.12. The van der Waals surface area contributed by atoms with Crippen LogP contribution in [0.5, 0.6) is 0 Å². The molecule has 0 aliphatic heterocycles. The third kappa shape index (κ3) is 2.99. The van der Waals surface area contributed by atoms with Gasteiger partial charge in [0.05, 0.1) is 16.1 Å². The van der Waals surface area contributed by atoms with E-state index in [1.54, 1.807) is 6.07 Å². The zero-order chi connectivity index (χ0) is 15.5. The largest absolute Gasteiger partial charge is 0.324 e. The van der Waals surface area contributed by atoms with Crippen molar-refractivity contribution < 1.29 is 0 Å². The highest BCUT2D eigenvalue weighted by molar-refractivity contribution is 6.36. The van der Waals surface area contributed by atoms with E-state index in [4.69, 9.17) is 28.2 Å². The van der Waals surface area contributed by atoms with Gasteiger partial charge in [0.15, 0.2) is 0 Å². The first-order valence-corrected chi connectivity index (χ1v) is 8.37. The summed E-state index contributed by atoms with van der Waals surface area (Å²) < 4.78 is 2.26. The molecule has 0 aliphatic rings. The van der Waals surface area contributed by atoms with Crippen LogP contribution in [0.25, 0.3) is 22.4 Å². The van der Waals surface area contributed by atoms with Gasteiger partial charge in [0.2, 0.25) is 0 Å². The van der Waals surface area contributed by atoms with Gasteiger partial charge in [-0.1, -0.05) is 55.1 Å². The van der Waals surface area contributed by atoms with Crippen molar-refractivity contribution in [2.24, 2.45) is 0 Å². The average molecular weight is 333 g/mol. The van der Waals surface area contributed by atoms with Gasteiger partial charge in [-0.05, 0) is 36.8 Å². The Morgan fingerprint density at radius 3 is 2.64 bits per heavy atom. The number of aryl methyl sites for hydroxylation is 1. The lowest BCUT2D eigenvalue weighted by Gasteiger charge is -2.10. The zero-order valence-electron chi connectivity index (χ0n) is 12.5. The number of para-hydroxylation sites is 2. The predicted octanol–water partition coefficient (Wildman–Crippen LogP) is 6.20. The summed E-state index contributed by atoms with van der Waals surface area (Å²) in [5.74, 6) is 0.916. The minimum atomic E-state index is 0.638. The van der Waals surface area contributed by atoms with Gasteiger partial charge in [-0.15, -0.1) is 0 Å². The molecule has 0 saturated carbocycles. The number of nitrogens with zero attached hydrogens (tertiary/aromatic N) is 2. The van der Waals surface area contributed by atoms with Crippen LogP contribution in [0.4, 0.5) is 0 Å². The first kappa shape index (κ1) is 15.4. The molecule has 22 heavy (non-hydrogen) atoms. The first-order chi connectivity index (χ1) is 10.7. The summed E-state index contributed by atoms with van der Waals surface area (Å²) in [5, 5.41) is 1.28. The number of fused-ring (bicyclic) bond motifs is 1. The van der Waals surface area contributed by atoms with Crippen molar-refractivity contribution in [3.8, 4) is 11.4 Å². The van der Waals surface area contributed by atoms with E-state index in [0.29, 0.717) is 10.0 Å².